The molecule has 0 heterocycles. The molecule has 1 rings (SSSR count). The predicted octanol–water partition coefficient (Wildman–Crippen LogP) is 2.72. The van der Waals surface area contributed by atoms with Gasteiger partial charge in [0.05, 0.1) is 18.6 Å². The van der Waals surface area contributed by atoms with Crippen LogP contribution < -0.4 is 5.73 Å². The predicted molar refractivity (Wildman–Crippen MR) is 81.0 cm³/mol. The molecule has 0 amide bonds. The summed E-state index contributed by atoms with van der Waals surface area (Å²) in [6.07, 6.45) is 0.707. The van der Waals surface area contributed by atoms with Crippen molar-refractivity contribution in [2.24, 2.45) is 0 Å². The Morgan fingerprint density at radius 2 is 1.90 bits per heavy atom. The minimum Gasteiger partial charge on any atom is -0.462 e. The van der Waals surface area contributed by atoms with Gasteiger partial charge in [-0.2, -0.15) is 0 Å². The number of carbonyl (C=O) groups is 2. The third-order valence-electron chi connectivity index (χ3n) is 2.58. The van der Waals surface area contributed by atoms with Crippen LogP contribution in [0.1, 0.15) is 50.0 Å². The van der Waals surface area contributed by atoms with Crippen LogP contribution in [-0.2, 0) is 20.7 Å². The van der Waals surface area contributed by atoms with E-state index in [2.05, 4.69) is 0 Å². The number of nitrogens with two attached hydrogens (primary N) is 1. The maximum Gasteiger partial charge on any atom is 0.340 e. The molecule has 1 aromatic rings. The summed E-state index contributed by atoms with van der Waals surface area (Å²) < 4.78 is 10.4. The monoisotopic (exact) mass is 293 g/mol. The lowest BCUT2D eigenvalue weighted by atomic mass is 10.0. The number of hydrogen-bond donors (Lipinski definition) is 1. The van der Waals surface area contributed by atoms with Gasteiger partial charge in [0.2, 0.25) is 0 Å². The van der Waals surface area contributed by atoms with Gasteiger partial charge in [-0.1, -0.05) is 19.1 Å². The highest BCUT2D eigenvalue weighted by Crippen LogP contribution is 2.20. The van der Waals surface area contributed by atoms with Gasteiger partial charge in [-0.05, 0) is 38.8 Å². The van der Waals surface area contributed by atoms with Gasteiger partial charge in [-0.15, -0.1) is 0 Å². The van der Waals surface area contributed by atoms with E-state index >= 15 is 0 Å². The fourth-order valence-corrected chi connectivity index (χ4v) is 1.82. The number of carbonyl (C=O) groups excluding carboxylic acids is 2. The Morgan fingerprint density at radius 3 is 2.48 bits per heavy atom. The second kappa shape index (κ2) is 7.11. The quantitative estimate of drug-likeness (QED) is 0.667. The number of hydrogen-bond acceptors (Lipinski definition) is 5. The van der Waals surface area contributed by atoms with Crippen LogP contribution in [-0.4, -0.2) is 24.1 Å². The third-order valence-corrected chi connectivity index (χ3v) is 2.58. The molecule has 0 aliphatic carbocycles. The molecule has 21 heavy (non-hydrogen) atoms. The number of benzene rings is 1. The molecule has 0 saturated heterocycles. The van der Waals surface area contributed by atoms with Gasteiger partial charge in [-0.3, -0.25) is 4.79 Å². The average molecular weight is 293 g/mol. The highest BCUT2D eigenvalue weighted by molar-refractivity contribution is 5.97. The van der Waals surface area contributed by atoms with Crippen molar-refractivity contribution in [3.05, 3.63) is 29.3 Å². The summed E-state index contributed by atoms with van der Waals surface area (Å²) in [7, 11) is 0. The lowest BCUT2D eigenvalue weighted by Gasteiger charge is -2.20. The molecule has 5 nitrogen and oxygen atoms in total. The highest BCUT2D eigenvalue weighted by Gasteiger charge is 2.21. The Kier molecular flexibility index (Phi) is 5.76. The smallest absolute Gasteiger partial charge is 0.340 e. The van der Waals surface area contributed by atoms with Gasteiger partial charge < -0.3 is 15.2 Å². The number of esters is 2. The van der Waals surface area contributed by atoms with Crippen molar-refractivity contribution >= 4 is 17.6 Å². The van der Waals surface area contributed by atoms with E-state index in [0.717, 1.165) is 6.42 Å². The van der Waals surface area contributed by atoms with Crippen molar-refractivity contribution in [3.63, 3.8) is 0 Å². The van der Waals surface area contributed by atoms with Crippen molar-refractivity contribution in [1.29, 1.82) is 0 Å². The molecule has 0 aromatic heterocycles. The van der Waals surface area contributed by atoms with Gasteiger partial charge in [0, 0.05) is 5.69 Å². The molecule has 0 aliphatic rings. The first-order valence-electron chi connectivity index (χ1n) is 7.01. The normalized spacial score (nSPS) is 11.0. The van der Waals surface area contributed by atoms with E-state index in [0.29, 0.717) is 17.9 Å². The van der Waals surface area contributed by atoms with Gasteiger partial charge >= 0.3 is 11.9 Å². The Morgan fingerprint density at radius 1 is 1.24 bits per heavy atom. The summed E-state index contributed by atoms with van der Waals surface area (Å²) in [5, 5.41) is 0. The Balaban J connectivity index is 2.94. The van der Waals surface area contributed by atoms with E-state index in [1.807, 2.05) is 6.92 Å². The van der Waals surface area contributed by atoms with Crippen LogP contribution in [0.25, 0.3) is 0 Å². The van der Waals surface area contributed by atoms with Crippen molar-refractivity contribution in [2.45, 2.75) is 46.1 Å². The first kappa shape index (κ1) is 17.0. The average Bonchev–Trinajstić information content (AvgIpc) is 2.33. The minimum atomic E-state index is -0.569. The van der Waals surface area contributed by atoms with Crippen molar-refractivity contribution in [2.75, 3.05) is 12.3 Å². The van der Waals surface area contributed by atoms with E-state index in [1.165, 1.54) is 0 Å². The van der Waals surface area contributed by atoms with Crippen molar-refractivity contribution in [1.82, 2.24) is 0 Å². The minimum absolute atomic E-state index is 0.0150. The molecule has 5 heteroatoms. The molecule has 0 spiro atoms. The highest BCUT2D eigenvalue weighted by atomic mass is 16.6. The molecule has 0 atom stereocenters. The van der Waals surface area contributed by atoms with Gasteiger partial charge in [-0.25, -0.2) is 4.79 Å². The van der Waals surface area contributed by atoms with Gasteiger partial charge in [0.1, 0.15) is 5.60 Å². The maximum atomic E-state index is 12.1. The summed E-state index contributed by atoms with van der Waals surface area (Å²) in [5.41, 5.74) is 6.34. The van der Waals surface area contributed by atoms with E-state index in [9.17, 15) is 9.59 Å². The molecule has 0 aliphatic heterocycles. The van der Waals surface area contributed by atoms with E-state index in [4.69, 9.17) is 15.2 Å². The molecule has 0 saturated carbocycles. The van der Waals surface area contributed by atoms with E-state index < -0.39 is 17.5 Å². The van der Waals surface area contributed by atoms with Crippen LogP contribution in [0, 0.1) is 0 Å². The molecule has 2 N–H and O–H groups in total. The number of ether oxygens (including phenoxy) is 2. The topological polar surface area (TPSA) is 78.6 Å². The Bertz CT molecular complexity index is 517. The lowest BCUT2D eigenvalue weighted by molar-refractivity contribution is -0.153. The second-order valence-corrected chi connectivity index (χ2v) is 5.78. The van der Waals surface area contributed by atoms with Crippen LogP contribution in [0.15, 0.2) is 18.2 Å². The molecule has 0 radical (unpaired) electrons. The van der Waals surface area contributed by atoms with Gasteiger partial charge in [0.15, 0.2) is 0 Å². The summed E-state index contributed by atoms with van der Waals surface area (Å²) in [4.78, 5) is 24.0. The summed E-state index contributed by atoms with van der Waals surface area (Å²) in [6, 6.07) is 5.00. The molecular formula is C16H23NO4. The van der Waals surface area contributed by atoms with Crippen molar-refractivity contribution in [3.8, 4) is 0 Å². The third kappa shape index (κ3) is 5.45. The molecule has 116 valence electrons. The first-order valence-corrected chi connectivity index (χ1v) is 7.01. The van der Waals surface area contributed by atoms with Crippen LogP contribution in [0.4, 0.5) is 5.69 Å². The number of rotatable bonds is 5. The largest absolute Gasteiger partial charge is 0.462 e. The lowest BCUT2D eigenvalue weighted by Crippen LogP contribution is -2.25. The summed E-state index contributed by atoms with van der Waals surface area (Å²) >= 11 is 0. The molecule has 0 bridgehead atoms. The second-order valence-electron chi connectivity index (χ2n) is 5.78. The number of nitrogen functional groups attached to an aromatic ring is 1. The SMILES string of the molecule is CCCOC(=O)c1c(N)cccc1CC(=O)OC(C)(C)C. The van der Waals surface area contributed by atoms with Crippen LogP contribution in [0.5, 0.6) is 0 Å². The van der Waals surface area contributed by atoms with Crippen LogP contribution in [0.3, 0.4) is 0 Å². The zero-order valence-electron chi connectivity index (χ0n) is 13.1. The van der Waals surface area contributed by atoms with Gasteiger partial charge in [0.25, 0.3) is 0 Å². The summed E-state index contributed by atoms with van der Waals surface area (Å²) in [5.74, 6) is -0.911. The molecule has 0 unspecified atom stereocenters. The fourth-order valence-electron chi connectivity index (χ4n) is 1.82. The first-order chi connectivity index (χ1) is 9.74. The van der Waals surface area contributed by atoms with E-state index in [1.54, 1.807) is 39.0 Å². The summed E-state index contributed by atoms with van der Waals surface area (Å²) in [6.45, 7) is 7.60. The zero-order valence-corrected chi connectivity index (χ0v) is 13.1. The Hall–Kier alpha value is -2.04. The fraction of sp³-hybridized carbons (Fsp3) is 0.500. The molecule has 1 aromatic carbocycles. The van der Waals surface area contributed by atoms with Crippen molar-refractivity contribution < 1.29 is 19.1 Å². The zero-order chi connectivity index (χ0) is 16.0. The van der Waals surface area contributed by atoms with Crippen LogP contribution in [0.2, 0.25) is 0 Å². The molecular weight excluding hydrogens is 270 g/mol. The number of anilines is 1. The maximum absolute atomic E-state index is 12.1. The molecule has 0 fully saturated rings. The Labute approximate surface area is 125 Å². The van der Waals surface area contributed by atoms with E-state index in [-0.39, 0.29) is 12.0 Å². The standard InChI is InChI=1S/C16H23NO4/c1-5-9-20-15(19)14-11(7-6-8-12(14)17)10-13(18)21-16(2,3)4/h6-8H,5,9-10,17H2,1-4H3. The van der Waals surface area contributed by atoms with Crippen LogP contribution >= 0.6 is 0 Å².